The van der Waals surface area contributed by atoms with E-state index in [-0.39, 0.29) is 6.04 Å². The van der Waals surface area contributed by atoms with E-state index in [1.165, 1.54) is 49.7 Å². The fourth-order valence-corrected chi connectivity index (χ4v) is 3.03. The van der Waals surface area contributed by atoms with Gasteiger partial charge in [0, 0.05) is 6.04 Å². The van der Waals surface area contributed by atoms with Gasteiger partial charge in [0.1, 0.15) is 6.04 Å². The predicted octanol–water partition coefficient (Wildman–Crippen LogP) is 4.18. The van der Waals surface area contributed by atoms with Crippen LogP contribution in [0.2, 0.25) is 0 Å². The topological polar surface area (TPSA) is 35.8 Å². The van der Waals surface area contributed by atoms with Gasteiger partial charge in [-0.05, 0) is 37.8 Å². The third-order valence-electron chi connectivity index (χ3n) is 4.12. The lowest BCUT2D eigenvalue weighted by Crippen LogP contribution is -2.32. The molecular formula is C17H24N2. The van der Waals surface area contributed by atoms with E-state index >= 15 is 0 Å². The summed E-state index contributed by atoms with van der Waals surface area (Å²) >= 11 is 0. The van der Waals surface area contributed by atoms with Crippen molar-refractivity contribution in [1.82, 2.24) is 5.32 Å². The first-order chi connectivity index (χ1) is 9.20. The summed E-state index contributed by atoms with van der Waals surface area (Å²) in [7, 11) is 0. The maximum atomic E-state index is 9.46. The van der Waals surface area contributed by atoms with Crippen LogP contribution < -0.4 is 5.32 Å². The minimum absolute atomic E-state index is 0.163. The highest BCUT2D eigenvalue weighted by Crippen LogP contribution is 2.23. The molecule has 0 heterocycles. The van der Waals surface area contributed by atoms with Crippen LogP contribution in [0.25, 0.3) is 0 Å². The van der Waals surface area contributed by atoms with Crippen molar-refractivity contribution in [1.29, 1.82) is 5.26 Å². The molecule has 0 aliphatic heterocycles. The van der Waals surface area contributed by atoms with E-state index in [4.69, 9.17) is 0 Å². The second kappa shape index (κ2) is 6.73. The maximum absolute atomic E-state index is 9.46. The van der Waals surface area contributed by atoms with Crippen LogP contribution in [-0.2, 0) is 0 Å². The first-order valence-electron chi connectivity index (χ1n) is 7.43. The summed E-state index contributed by atoms with van der Waals surface area (Å²) in [5.74, 6) is 0. The molecule has 0 spiro atoms. The zero-order chi connectivity index (χ0) is 13.7. The van der Waals surface area contributed by atoms with Crippen molar-refractivity contribution in [3.8, 4) is 6.07 Å². The normalized spacial score (nSPS) is 18.6. The molecule has 19 heavy (non-hydrogen) atoms. The lowest BCUT2D eigenvalue weighted by molar-refractivity contribution is 0.436. The Kier molecular flexibility index (Phi) is 4.99. The molecule has 2 rings (SSSR count). The molecule has 0 aromatic heterocycles. The molecular weight excluding hydrogens is 232 g/mol. The summed E-state index contributed by atoms with van der Waals surface area (Å²) in [4.78, 5) is 0. The van der Waals surface area contributed by atoms with Crippen molar-refractivity contribution in [2.45, 2.75) is 64.5 Å². The van der Waals surface area contributed by atoms with E-state index in [1.807, 2.05) is 0 Å². The zero-order valence-corrected chi connectivity index (χ0v) is 12.1. The minimum Gasteiger partial charge on any atom is -0.295 e. The molecule has 2 heteroatoms. The van der Waals surface area contributed by atoms with E-state index in [2.05, 4.69) is 43.4 Å². The molecule has 1 saturated carbocycles. The number of rotatable bonds is 3. The SMILES string of the molecule is Cc1ccc(C(C#N)NC2CCCCCC2)c(C)c1. The van der Waals surface area contributed by atoms with Crippen LogP contribution in [0.5, 0.6) is 0 Å². The van der Waals surface area contributed by atoms with Gasteiger partial charge in [0.2, 0.25) is 0 Å². The van der Waals surface area contributed by atoms with Crippen LogP contribution in [0, 0.1) is 25.2 Å². The van der Waals surface area contributed by atoms with E-state index in [0.717, 1.165) is 5.56 Å². The Morgan fingerprint density at radius 3 is 2.42 bits per heavy atom. The molecule has 2 nitrogen and oxygen atoms in total. The number of hydrogen-bond acceptors (Lipinski definition) is 2. The average molecular weight is 256 g/mol. The van der Waals surface area contributed by atoms with Crippen molar-refractivity contribution >= 4 is 0 Å². The van der Waals surface area contributed by atoms with Gasteiger partial charge in [0.05, 0.1) is 6.07 Å². The molecule has 1 aromatic carbocycles. The van der Waals surface area contributed by atoms with Gasteiger partial charge in [0.15, 0.2) is 0 Å². The predicted molar refractivity (Wildman–Crippen MR) is 78.9 cm³/mol. The lowest BCUT2D eigenvalue weighted by Gasteiger charge is -2.22. The Balaban J connectivity index is 2.09. The Morgan fingerprint density at radius 2 is 1.84 bits per heavy atom. The molecule has 1 atom stereocenters. The Morgan fingerprint density at radius 1 is 1.16 bits per heavy atom. The average Bonchev–Trinajstić information content (AvgIpc) is 2.65. The number of benzene rings is 1. The summed E-state index contributed by atoms with van der Waals surface area (Å²) in [5, 5.41) is 13.0. The zero-order valence-electron chi connectivity index (χ0n) is 12.1. The van der Waals surface area contributed by atoms with E-state index < -0.39 is 0 Å². The molecule has 0 radical (unpaired) electrons. The van der Waals surface area contributed by atoms with Crippen LogP contribution in [0.3, 0.4) is 0 Å². The molecule has 0 saturated heterocycles. The van der Waals surface area contributed by atoms with Crippen LogP contribution in [-0.4, -0.2) is 6.04 Å². The summed E-state index contributed by atoms with van der Waals surface area (Å²) in [6, 6.07) is 9.14. The van der Waals surface area contributed by atoms with Crippen LogP contribution in [0.15, 0.2) is 18.2 Å². The van der Waals surface area contributed by atoms with Gasteiger partial charge in [-0.25, -0.2) is 0 Å². The second-order valence-electron chi connectivity index (χ2n) is 5.78. The van der Waals surface area contributed by atoms with Crippen molar-refractivity contribution in [3.05, 3.63) is 34.9 Å². The maximum Gasteiger partial charge on any atom is 0.121 e. The van der Waals surface area contributed by atoms with Crippen LogP contribution >= 0.6 is 0 Å². The minimum atomic E-state index is -0.163. The van der Waals surface area contributed by atoms with Crippen molar-refractivity contribution in [3.63, 3.8) is 0 Å². The lowest BCUT2D eigenvalue weighted by atomic mass is 9.98. The molecule has 1 N–H and O–H groups in total. The molecule has 0 amide bonds. The number of nitrogens with zero attached hydrogens (tertiary/aromatic N) is 1. The summed E-state index contributed by atoms with van der Waals surface area (Å²) < 4.78 is 0. The smallest absolute Gasteiger partial charge is 0.121 e. The van der Waals surface area contributed by atoms with E-state index in [0.29, 0.717) is 6.04 Å². The highest BCUT2D eigenvalue weighted by Gasteiger charge is 2.19. The standard InChI is InChI=1S/C17H24N2/c1-13-9-10-16(14(2)11-13)17(12-18)19-15-7-5-3-4-6-8-15/h9-11,15,17,19H,3-8H2,1-2H3. The fraction of sp³-hybridized carbons (Fsp3) is 0.588. The highest BCUT2D eigenvalue weighted by atomic mass is 14.9. The monoisotopic (exact) mass is 256 g/mol. The second-order valence-corrected chi connectivity index (χ2v) is 5.78. The molecule has 1 aliphatic rings. The third-order valence-corrected chi connectivity index (χ3v) is 4.12. The Bertz CT molecular complexity index is 451. The molecule has 0 bridgehead atoms. The number of aryl methyl sites for hydroxylation is 2. The summed E-state index contributed by atoms with van der Waals surface area (Å²) in [6.07, 6.45) is 7.70. The summed E-state index contributed by atoms with van der Waals surface area (Å²) in [6.45, 7) is 4.19. The van der Waals surface area contributed by atoms with Gasteiger partial charge < -0.3 is 0 Å². The molecule has 1 fully saturated rings. The van der Waals surface area contributed by atoms with Gasteiger partial charge in [-0.2, -0.15) is 5.26 Å². The first-order valence-corrected chi connectivity index (χ1v) is 7.43. The summed E-state index contributed by atoms with van der Waals surface area (Å²) in [5.41, 5.74) is 3.61. The third kappa shape index (κ3) is 3.81. The number of hydrogen-bond donors (Lipinski definition) is 1. The Hall–Kier alpha value is -1.33. The fourth-order valence-electron chi connectivity index (χ4n) is 3.03. The van der Waals surface area contributed by atoms with Crippen molar-refractivity contribution in [2.24, 2.45) is 0 Å². The Labute approximate surface area is 116 Å². The highest BCUT2D eigenvalue weighted by molar-refractivity contribution is 5.35. The number of nitrogens with one attached hydrogen (secondary N) is 1. The van der Waals surface area contributed by atoms with Gasteiger partial charge in [-0.1, -0.05) is 49.4 Å². The van der Waals surface area contributed by atoms with E-state index in [1.54, 1.807) is 0 Å². The number of nitriles is 1. The quantitative estimate of drug-likeness (QED) is 0.823. The van der Waals surface area contributed by atoms with Gasteiger partial charge in [-0.3, -0.25) is 5.32 Å². The first kappa shape index (κ1) is 14.1. The van der Waals surface area contributed by atoms with Crippen LogP contribution in [0.4, 0.5) is 0 Å². The van der Waals surface area contributed by atoms with Crippen molar-refractivity contribution < 1.29 is 0 Å². The molecule has 1 aromatic rings. The molecule has 102 valence electrons. The van der Waals surface area contributed by atoms with Crippen LogP contribution in [0.1, 0.15) is 61.3 Å². The molecule has 1 aliphatic carbocycles. The molecule has 1 unspecified atom stereocenters. The van der Waals surface area contributed by atoms with Gasteiger partial charge in [0.25, 0.3) is 0 Å². The van der Waals surface area contributed by atoms with Crippen molar-refractivity contribution in [2.75, 3.05) is 0 Å². The largest absolute Gasteiger partial charge is 0.295 e. The van der Waals surface area contributed by atoms with E-state index in [9.17, 15) is 5.26 Å². The van der Waals surface area contributed by atoms with Gasteiger partial charge >= 0.3 is 0 Å². The van der Waals surface area contributed by atoms with Gasteiger partial charge in [-0.15, -0.1) is 0 Å².